The summed E-state index contributed by atoms with van der Waals surface area (Å²) in [5.74, 6) is 0. The maximum Gasteiger partial charge on any atom is 0.129 e. The minimum Gasteiger partial charge on any atom is -0.398 e. The van der Waals surface area contributed by atoms with Gasteiger partial charge in [0.15, 0.2) is 0 Å². The summed E-state index contributed by atoms with van der Waals surface area (Å²) in [6, 6.07) is 15.9. The van der Waals surface area contributed by atoms with Crippen LogP contribution in [0, 0.1) is 0 Å². The highest BCUT2D eigenvalue weighted by Crippen LogP contribution is 2.26. The highest BCUT2D eigenvalue weighted by atomic mass is 127. The molecule has 0 fully saturated rings. The van der Waals surface area contributed by atoms with Crippen molar-refractivity contribution < 1.29 is 0 Å². The first-order valence-corrected chi connectivity index (χ1v) is 10.2. The summed E-state index contributed by atoms with van der Waals surface area (Å²) in [5.41, 5.74) is 10.1. The fourth-order valence-corrected chi connectivity index (χ4v) is 3.91. The van der Waals surface area contributed by atoms with E-state index in [0.29, 0.717) is 0 Å². The van der Waals surface area contributed by atoms with Crippen molar-refractivity contribution in [2.45, 2.75) is 3.38 Å². The number of alkyl halides is 1. The smallest absolute Gasteiger partial charge is 0.129 e. The van der Waals surface area contributed by atoms with Crippen molar-refractivity contribution in [3.05, 3.63) is 76.9 Å². The van der Waals surface area contributed by atoms with Crippen molar-refractivity contribution in [3.63, 3.8) is 0 Å². The third-order valence-electron chi connectivity index (χ3n) is 3.59. The number of thioether (sulfide) groups is 1. The first-order chi connectivity index (χ1) is 12.1. The van der Waals surface area contributed by atoms with Crippen molar-refractivity contribution in [3.8, 4) is 0 Å². The van der Waals surface area contributed by atoms with Crippen LogP contribution in [0.3, 0.4) is 0 Å². The Labute approximate surface area is 170 Å². The predicted molar refractivity (Wildman–Crippen MR) is 119 cm³/mol. The van der Waals surface area contributed by atoms with Crippen LogP contribution in [0.1, 0.15) is 5.56 Å². The number of hydrogen-bond donors (Lipinski definition) is 3. The molecule has 1 heterocycles. The zero-order chi connectivity index (χ0) is 17.6. The van der Waals surface area contributed by atoms with Crippen LogP contribution in [0.2, 0.25) is 5.02 Å². The lowest BCUT2D eigenvalue weighted by Crippen LogP contribution is -2.19. The fraction of sp³-hybridized carbons (Fsp3) is 0.111. The number of halogens is 2. The first-order valence-electron chi connectivity index (χ1n) is 7.66. The molecule has 1 aliphatic heterocycles. The number of rotatable bonds is 6. The highest BCUT2D eigenvalue weighted by molar-refractivity contribution is 14.1. The first kappa shape index (κ1) is 18.3. The lowest BCUT2D eigenvalue weighted by molar-refractivity contribution is 0.901. The van der Waals surface area contributed by atoms with Gasteiger partial charge in [-0.1, -0.05) is 41.6 Å². The van der Waals surface area contributed by atoms with Gasteiger partial charge in [0.1, 0.15) is 3.38 Å². The third kappa shape index (κ3) is 5.23. The van der Waals surface area contributed by atoms with Gasteiger partial charge in [0, 0.05) is 34.5 Å². The molecule has 1 aliphatic rings. The molecule has 0 bridgehead atoms. The maximum absolute atomic E-state index is 6.21. The van der Waals surface area contributed by atoms with E-state index in [1.54, 1.807) is 11.8 Å². The number of benzene rings is 2. The Kier molecular flexibility index (Phi) is 6.39. The van der Waals surface area contributed by atoms with Gasteiger partial charge < -0.3 is 21.3 Å². The van der Waals surface area contributed by atoms with Crippen LogP contribution in [0.15, 0.2) is 66.3 Å². The van der Waals surface area contributed by atoms with Gasteiger partial charge in [-0.15, -0.1) is 0 Å². The van der Waals surface area contributed by atoms with E-state index in [0.717, 1.165) is 34.3 Å². The van der Waals surface area contributed by atoms with Gasteiger partial charge in [0.25, 0.3) is 0 Å². The van der Waals surface area contributed by atoms with Crippen LogP contribution in [0.4, 0.5) is 11.4 Å². The molecule has 0 amide bonds. The summed E-state index contributed by atoms with van der Waals surface area (Å²) < 4.78 is 0.148. The minimum atomic E-state index is 0.148. The summed E-state index contributed by atoms with van der Waals surface area (Å²) in [6.45, 7) is 0.798. The largest absolute Gasteiger partial charge is 0.398 e. The van der Waals surface area contributed by atoms with Gasteiger partial charge in [0.2, 0.25) is 0 Å². The van der Waals surface area contributed by atoms with Crippen molar-refractivity contribution in [2.75, 3.05) is 16.9 Å². The van der Waals surface area contributed by atoms with E-state index in [1.165, 1.54) is 0 Å². The van der Waals surface area contributed by atoms with Gasteiger partial charge in [-0.25, -0.2) is 0 Å². The van der Waals surface area contributed by atoms with Gasteiger partial charge in [-0.3, -0.25) is 0 Å². The van der Waals surface area contributed by atoms with E-state index in [2.05, 4.69) is 50.3 Å². The molecule has 2 aromatic rings. The quantitative estimate of drug-likeness (QED) is 0.233. The van der Waals surface area contributed by atoms with E-state index < -0.39 is 0 Å². The second-order valence-electron chi connectivity index (χ2n) is 5.37. The summed E-state index contributed by atoms with van der Waals surface area (Å²) in [5, 5.41) is 9.23. The van der Waals surface area contributed by atoms with Crippen molar-refractivity contribution in [1.29, 1.82) is 0 Å². The lowest BCUT2D eigenvalue weighted by atomic mass is 10.1. The standard InChI is InChI=1S/C18H18ClIN4S/c19-14-2-1-3-15(10-14)23-18(20)25-11-17(21)13-4-6-16(7-5-13)24-9-8-22-12-24/h1-11,18,22-23H,12,21H2/b17-11-. The van der Waals surface area contributed by atoms with Gasteiger partial charge in [-0.2, -0.15) is 0 Å². The van der Waals surface area contributed by atoms with Gasteiger partial charge in [0.05, 0.1) is 6.67 Å². The van der Waals surface area contributed by atoms with Crippen LogP contribution in [0.25, 0.3) is 5.70 Å². The van der Waals surface area contributed by atoms with Crippen LogP contribution in [-0.4, -0.2) is 10.0 Å². The minimum absolute atomic E-state index is 0.148. The molecule has 0 aliphatic carbocycles. The monoisotopic (exact) mass is 484 g/mol. The summed E-state index contributed by atoms with van der Waals surface area (Å²) in [6.07, 6.45) is 3.96. The van der Waals surface area contributed by atoms with E-state index in [1.807, 2.05) is 54.2 Å². The van der Waals surface area contributed by atoms with Crippen molar-refractivity contribution >= 4 is 63.0 Å². The predicted octanol–water partition coefficient (Wildman–Crippen LogP) is 5.00. The summed E-state index contributed by atoms with van der Waals surface area (Å²) in [4.78, 5) is 2.13. The molecule has 4 nitrogen and oxygen atoms in total. The van der Waals surface area contributed by atoms with Crippen molar-refractivity contribution in [2.24, 2.45) is 5.73 Å². The van der Waals surface area contributed by atoms with Crippen LogP contribution < -0.4 is 21.3 Å². The van der Waals surface area contributed by atoms with Crippen LogP contribution in [-0.2, 0) is 0 Å². The molecule has 1 unspecified atom stereocenters. The number of hydrogen-bond acceptors (Lipinski definition) is 5. The molecule has 0 aromatic heterocycles. The molecule has 0 radical (unpaired) electrons. The molecule has 25 heavy (non-hydrogen) atoms. The Balaban J connectivity index is 1.58. The second kappa shape index (κ2) is 8.73. The zero-order valence-electron chi connectivity index (χ0n) is 13.3. The van der Waals surface area contributed by atoms with Gasteiger partial charge >= 0.3 is 0 Å². The maximum atomic E-state index is 6.21. The number of nitrogens with one attached hydrogen (secondary N) is 2. The topological polar surface area (TPSA) is 53.3 Å². The molecule has 1 atom stereocenters. The van der Waals surface area contributed by atoms with E-state index in [4.69, 9.17) is 17.3 Å². The zero-order valence-corrected chi connectivity index (χ0v) is 17.1. The molecule has 0 saturated carbocycles. The number of nitrogens with zero attached hydrogens (tertiary/aromatic N) is 1. The average Bonchev–Trinajstić information content (AvgIpc) is 3.14. The molecular formula is C18H18ClIN4S. The SMILES string of the molecule is N/C(=C\SC(I)Nc1cccc(Cl)c1)c1ccc(N2C=CNC2)cc1. The molecule has 3 rings (SSSR count). The van der Waals surface area contributed by atoms with Gasteiger partial charge in [-0.05, 0) is 63.9 Å². The van der Waals surface area contributed by atoms with Crippen molar-refractivity contribution in [1.82, 2.24) is 5.32 Å². The normalized spacial score (nSPS) is 15.1. The van der Waals surface area contributed by atoms with E-state index in [-0.39, 0.29) is 3.38 Å². The van der Waals surface area contributed by atoms with E-state index in [9.17, 15) is 0 Å². The van der Waals surface area contributed by atoms with E-state index >= 15 is 0 Å². The summed E-state index contributed by atoms with van der Waals surface area (Å²) in [7, 11) is 0. The van der Waals surface area contributed by atoms with Crippen LogP contribution >= 0.6 is 46.0 Å². The Hall–Kier alpha value is -1.51. The second-order valence-corrected chi connectivity index (χ2v) is 8.88. The molecule has 4 N–H and O–H groups in total. The Bertz CT molecular complexity index is 779. The molecule has 7 heteroatoms. The lowest BCUT2D eigenvalue weighted by Gasteiger charge is -2.15. The van der Waals surface area contributed by atoms with Crippen LogP contribution in [0.5, 0.6) is 0 Å². The molecule has 0 spiro atoms. The fourth-order valence-electron chi connectivity index (χ4n) is 2.31. The Morgan fingerprint density at radius 2 is 2.12 bits per heavy atom. The number of anilines is 2. The third-order valence-corrected chi connectivity index (χ3v) is 5.76. The molecule has 130 valence electrons. The highest BCUT2D eigenvalue weighted by Gasteiger charge is 2.07. The Morgan fingerprint density at radius 3 is 2.80 bits per heavy atom. The number of nitrogens with two attached hydrogens (primary N) is 1. The Morgan fingerprint density at radius 1 is 1.32 bits per heavy atom. The molecular weight excluding hydrogens is 467 g/mol. The summed E-state index contributed by atoms with van der Waals surface area (Å²) >= 11 is 9.95. The average molecular weight is 485 g/mol. The molecule has 0 saturated heterocycles. The molecule has 2 aromatic carbocycles.